The Balaban J connectivity index is 1.98. The third kappa shape index (κ3) is 2.38. The minimum atomic E-state index is 0.969. The van der Waals surface area contributed by atoms with Crippen LogP contribution in [0.5, 0.6) is 0 Å². The van der Waals surface area contributed by atoms with Crippen LogP contribution in [-0.4, -0.2) is 19.7 Å². The van der Waals surface area contributed by atoms with Crippen molar-refractivity contribution in [1.82, 2.24) is 19.7 Å². The quantitative estimate of drug-likeness (QED) is 0.507. The van der Waals surface area contributed by atoms with E-state index in [1.54, 1.807) is 11.3 Å². The van der Waals surface area contributed by atoms with Crippen molar-refractivity contribution >= 4 is 22.1 Å². The predicted octanol–water partition coefficient (Wildman–Crippen LogP) is 5.09. The highest BCUT2D eigenvalue weighted by Crippen LogP contribution is 2.35. The summed E-state index contributed by atoms with van der Waals surface area (Å²) in [6.45, 7) is 10.5. The summed E-state index contributed by atoms with van der Waals surface area (Å²) in [5.74, 6) is 0. The summed E-state index contributed by atoms with van der Waals surface area (Å²) < 4.78 is 2.25. The molecule has 5 heteroatoms. The predicted molar refractivity (Wildman–Crippen MR) is 104 cm³/mol. The molecule has 4 rings (SSSR count). The first-order valence-corrected chi connectivity index (χ1v) is 9.15. The number of hydrogen-bond donors (Lipinski definition) is 0. The van der Waals surface area contributed by atoms with Gasteiger partial charge in [0.25, 0.3) is 0 Å². The summed E-state index contributed by atoms with van der Waals surface area (Å²) in [4.78, 5) is 6.19. The van der Waals surface area contributed by atoms with Gasteiger partial charge in [-0.05, 0) is 34.6 Å². The number of rotatable bonds is 2. The number of benzene rings is 1. The monoisotopic (exact) mass is 348 g/mol. The van der Waals surface area contributed by atoms with E-state index in [2.05, 4.69) is 59.8 Å². The number of nitrogens with zero attached hydrogens (tertiary/aromatic N) is 4. The fourth-order valence-electron chi connectivity index (χ4n) is 3.60. The summed E-state index contributed by atoms with van der Waals surface area (Å²) >= 11 is 1.73. The number of aromatic nitrogens is 4. The van der Waals surface area contributed by atoms with Crippen LogP contribution < -0.4 is 0 Å². The Labute approximate surface area is 151 Å². The SMILES string of the molecule is Cc1sc(-n2c(C)c3c(C)nnc(C)c3c2C)nc1-c1ccccc1. The van der Waals surface area contributed by atoms with Crippen LogP contribution in [0.15, 0.2) is 30.3 Å². The third-order valence-corrected chi connectivity index (χ3v) is 5.70. The molecule has 4 nitrogen and oxygen atoms in total. The number of fused-ring (bicyclic) bond motifs is 1. The fraction of sp³-hybridized carbons (Fsp3) is 0.250. The second kappa shape index (κ2) is 5.77. The van der Waals surface area contributed by atoms with Gasteiger partial charge in [-0.1, -0.05) is 30.3 Å². The minimum absolute atomic E-state index is 0.969. The maximum Gasteiger partial charge on any atom is 0.194 e. The number of hydrogen-bond acceptors (Lipinski definition) is 4. The third-order valence-electron chi connectivity index (χ3n) is 4.74. The second-order valence-corrected chi connectivity index (χ2v) is 7.58. The molecule has 0 aliphatic heterocycles. The topological polar surface area (TPSA) is 43.6 Å². The Morgan fingerprint density at radius 3 is 1.92 bits per heavy atom. The highest BCUT2D eigenvalue weighted by atomic mass is 32.1. The normalized spacial score (nSPS) is 11.4. The van der Waals surface area contributed by atoms with Crippen LogP contribution in [0.25, 0.3) is 27.2 Å². The minimum Gasteiger partial charge on any atom is -0.293 e. The molecule has 0 fully saturated rings. The van der Waals surface area contributed by atoms with Crippen molar-refractivity contribution in [3.8, 4) is 16.4 Å². The van der Waals surface area contributed by atoms with Crippen LogP contribution >= 0.6 is 11.3 Å². The van der Waals surface area contributed by atoms with Crippen LogP contribution in [0, 0.1) is 34.6 Å². The molecular weight excluding hydrogens is 328 g/mol. The lowest BCUT2D eigenvalue weighted by Gasteiger charge is -2.04. The number of aryl methyl sites for hydroxylation is 5. The smallest absolute Gasteiger partial charge is 0.194 e. The summed E-state index contributed by atoms with van der Waals surface area (Å²) in [6.07, 6.45) is 0. The molecule has 0 atom stereocenters. The number of thiazole rings is 1. The van der Waals surface area contributed by atoms with E-state index in [0.29, 0.717) is 0 Å². The molecule has 1 aromatic carbocycles. The van der Waals surface area contributed by atoms with Crippen LogP contribution in [0.3, 0.4) is 0 Å². The van der Waals surface area contributed by atoms with Gasteiger partial charge in [0.05, 0.1) is 17.1 Å². The van der Waals surface area contributed by atoms with E-state index in [4.69, 9.17) is 4.98 Å². The van der Waals surface area contributed by atoms with Crippen molar-refractivity contribution in [3.63, 3.8) is 0 Å². The van der Waals surface area contributed by atoms with Gasteiger partial charge in [0, 0.05) is 32.6 Å². The van der Waals surface area contributed by atoms with Crippen molar-refractivity contribution in [1.29, 1.82) is 0 Å². The molecule has 0 saturated heterocycles. The van der Waals surface area contributed by atoms with E-state index in [1.807, 2.05) is 19.9 Å². The molecule has 0 saturated carbocycles. The van der Waals surface area contributed by atoms with E-state index < -0.39 is 0 Å². The highest BCUT2D eigenvalue weighted by molar-refractivity contribution is 7.14. The van der Waals surface area contributed by atoms with E-state index in [-0.39, 0.29) is 0 Å². The van der Waals surface area contributed by atoms with Crippen molar-refractivity contribution in [2.75, 3.05) is 0 Å². The maximum atomic E-state index is 4.97. The van der Waals surface area contributed by atoms with Gasteiger partial charge in [0.2, 0.25) is 0 Å². The molecule has 0 radical (unpaired) electrons. The van der Waals surface area contributed by atoms with Crippen molar-refractivity contribution in [3.05, 3.63) is 58.0 Å². The lowest BCUT2D eigenvalue weighted by Crippen LogP contribution is -1.98. The van der Waals surface area contributed by atoms with Gasteiger partial charge in [-0.3, -0.25) is 4.57 Å². The molecule has 3 heterocycles. The summed E-state index contributed by atoms with van der Waals surface area (Å²) in [6, 6.07) is 10.4. The first-order valence-electron chi connectivity index (χ1n) is 8.33. The van der Waals surface area contributed by atoms with Gasteiger partial charge < -0.3 is 0 Å². The van der Waals surface area contributed by atoms with Gasteiger partial charge in [0.1, 0.15) is 0 Å². The Bertz CT molecular complexity index is 1050. The molecule has 3 aromatic heterocycles. The summed E-state index contributed by atoms with van der Waals surface area (Å²) in [5, 5.41) is 12.0. The van der Waals surface area contributed by atoms with Gasteiger partial charge >= 0.3 is 0 Å². The molecule has 4 aromatic rings. The molecule has 0 bridgehead atoms. The highest BCUT2D eigenvalue weighted by Gasteiger charge is 2.20. The zero-order valence-corrected chi connectivity index (χ0v) is 15.9. The standard InChI is InChI=1S/C20H20N4S/c1-11-17-13(3)24(14(4)18(17)12(2)23-22-11)20-21-19(15(5)25-20)16-9-7-6-8-10-16/h6-10H,1-5H3. The average molecular weight is 348 g/mol. The van der Waals surface area contributed by atoms with Crippen LogP contribution in [0.1, 0.15) is 27.7 Å². The van der Waals surface area contributed by atoms with Crippen LogP contribution in [0.4, 0.5) is 0 Å². The van der Waals surface area contributed by atoms with Crippen molar-refractivity contribution in [2.45, 2.75) is 34.6 Å². The Morgan fingerprint density at radius 1 is 0.800 bits per heavy atom. The molecule has 0 unspecified atom stereocenters. The lowest BCUT2D eigenvalue weighted by atomic mass is 10.1. The fourth-order valence-corrected chi connectivity index (χ4v) is 4.64. The zero-order valence-electron chi connectivity index (χ0n) is 15.1. The van der Waals surface area contributed by atoms with Gasteiger partial charge in [0.15, 0.2) is 5.13 Å². The largest absolute Gasteiger partial charge is 0.293 e. The van der Waals surface area contributed by atoms with E-state index >= 15 is 0 Å². The molecule has 25 heavy (non-hydrogen) atoms. The summed E-state index contributed by atoms with van der Waals surface area (Å²) in [7, 11) is 0. The van der Waals surface area contributed by atoms with Gasteiger partial charge in [-0.2, -0.15) is 10.2 Å². The molecule has 0 aliphatic carbocycles. The Morgan fingerprint density at radius 2 is 1.36 bits per heavy atom. The Hall–Kier alpha value is -2.53. The van der Waals surface area contributed by atoms with Gasteiger partial charge in [-0.25, -0.2) is 4.98 Å². The van der Waals surface area contributed by atoms with Crippen molar-refractivity contribution < 1.29 is 0 Å². The molecule has 0 aliphatic rings. The van der Waals surface area contributed by atoms with Gasteiger partial charge in [-0.15, -0.1) is 11.3 Å². The van der Waals surface area contributed by atoms with E-state index in [1.165, 1.54) is 27.0 Å². The summed E-state index contributed by atoms with van der Waals surface area (Å²) in [5.41, 5.74) is 6.51. The van der Waals surface area contributed by atoms with E-state index in [9.17, 15) is 0 Å². The molecule has 0 spiro atoms. The first kappa shape index (κ1) is 16.0. The molecular formula is C20H20N4S. The van der Waals surface area contributed by atoms with Crippen LogP contribution in [-0.2, 0) is 0 Å². The Kier molecular flexibility index (Phi) is 3.69. The maximum absolute atomic E-state index is 4.97. The molecule has 126 valence electrons. The first-order chi connectivity index (χ1) is 12.0. The molecule has 0 N–H and O–H groups in total. The van der Waals surface area contributed by atoms with E-state index in [0.717, 1.165) is 27.8 Å². The second-order valence-electron chi connectivity index (χ2n) is 6.39. The lowest BCUT2D eigenvalue weighted by molar-refractivity contribution is 0.958. The average Bonchev–Trinajstić information content (AvgIpc) is 3.10. The van der Waals surface area contributed by atoms with Crippen molar-refractivity contribution in [2.24, 2.45) is 0 Å². The molecule has 0 amide bonds. The van der Waals surface area contributed by atoms with Crippen LogP contribution in [0.2, 0.25) is 0 Å². The zero-order chi connectivity index (χ0) is 17.7.